The molecule has 0 saturated carbocycles. The summed E-state index contributed by atoms with van der Waals surface area (Å²) in [5, 5.41) is 28.4. The first kappa shape index (κ1) is 56.0. The van der Waals surface area contributed by atoms with Gasteiger partial charge < -0.3 is 42.5 Å². The second kappa shape index (κ2) is 25.8. The van der Waals surface area contributed by atoms with Crippen molar-refractivity contribution in [1.82, 2.24) is 19.9 Å². The first-order valence-electron chi connectivity index (χ1n) is 24.5. The van der Waals surface area contributed by atoms with Crippen LogP contribution in [0.4, 0.5) is 78.5 Å². The van der Waals surface area contributed by atoms with E-state index in [2.05, 4.69) is 78.4 Å². The largest absolute Gasteiger partial charge is 0.416 e. The molecular formula is C59H46BrF3N12O4S2. The molecule has 4 aromatic heterocycles. The summed E-state index contributed by atoms with van der Waals surface area (Å²) in [6, 6.07) is 42.0. The molecule has 6 amide bonds. The van der Waals surface area contributed by atoms with Crippen molar-refractivity contribution in [1.29, 1.82) is 0 Å². The van der Waals surface area contributed by atoms with Crippen LogP contribution in [-0.4, -0.2) is 43.8 Å². The van der Waals surface area contributed by atoms with Gasteiger partial charge in [0.25, 0.3) is 11.8 Å². The highest BCUT2D eigenvalue weighted by molar-refractivity contribution is 9.10. The number of urea groups is 2. The molecule has 0 fully saturated rings. The maximum Gasteiger partial charge on any atom is 0.416 e. The molecule has 0 spiro atoms. The number of pyridine rings is 2. The Hall–Kier alpha value is -9.77. The Morgan fingerprint density at radius 3 is 1.21 bits per heavy atom. The van der Waals surface area contributed by atoms with E-state index in [1.54, 1.807) is 91.5 Å². The molecule has 16 nitrogen and oxygen atoms in total. The molecule has 10 rings (SSSR count). The zero-order valence-corrected chi connectivity index (χ0v) is 45.9. The van der Waals surface area contributed by atoms with Crippen molar-refractivity contribution in [3.8, 4) is 22.5 Å². The first-order chi connectivity index (χ1) is 39.1. The Morgan fingerprint density at radius 1 is 0.469 bits per heavy atom. The highest BCUT2D eigenvalue weighted by Crippen LogP contribution is 2.33. The number of hydrogen-bond donors (Lipinski definition) is 8. The van der Waals surface area contributed by atoms with Crippen molar-refractivity contribution in [2.75, 3.05) is 42.5 Å². The van der Waals surface area contributed by atoms with Crippen LogP contribution in [0.3, 0.4) is 0 Å². The molecule has 4 heterocycles. The molecule has 22 heteroatoms. The Bertz CT molecular complexity index is 3820. The van der Waals surface area contributed by atoms with Crippen molar-refractivity contribution in [3.63, 3.8) is 0 Å². The molecule has 10 aromatic rings. The molecule has 0 radical (unpaired) electrons. The van der Waals surface area contributed by atoms with E-state index in [0.717, 1.165) is 66.8 Å². The minimum Gasteiger partial charge on any atom is -0.331 e. The van der Waals surface area contributed by atoms with Crippen LogP contribution in [0, 0.1) is 13.8 Å². The lowest BCUT2D eigenvalue weighted by atomic mass is 10.1. The van der Waals surface area contributed by atoms with Gasteiger partial charge in [-0.1, -0.05) is 28.1 Å². The van der Waals surface area contributed by atoms with E-state index in [1.165, 1.54) is 34.8 Å². The Morgan fingerprint density at radius 2 is 0.840 bits per heavy atom. The summed E-state index contributed by atoms with van der Waals surface area (Å²) in [5.74, 6) is -0.609. The van der Waals surface area contributed by atoms with Gasteiger partial charge in [-0.3, -0.25) is 19.6 Å². The average Bonchev–Trinajstić information content (AvgIpc) is 4.23. The van der Waals surface area contributed by atoms with E-state index < -0.39 is 17.8 Å². The molecule has 0 aliphatic carbocycles. The van der Waals surface area contributed by atoms with Crippen molar-refractivity contribution in [2.24, 2.45) is 0 Å². The van der Waals surface area contributed by atoms with E-state index in [9.17, 15) is 32.3 Å². The summed E-state index contributed by atoms with van der Waals surface area (Å²) < 4.78 is 39.1. The summed E-state index contributed by atoms with van der Waals surface area (Å²) in [7, 11) is 0. The Labute approximate surface area is 478 Å². The number of anilines is 10. The van der Waals surface area contributed by atoms with Gasteiger partial charge in [-0.25, -0.2) is 19.6 Å². The molecule has 406 valence electrons. The lowest BCUT2D eigenvalue weighted by Crippen LogP contribution is -2.19. The van der Waals surface area contributed by atoms with Crippen LogP contribution < -0.4 is 42.5 Å². The smallest absolute Gasteiger partial charge is 0.331 e. The molecule has 81 heavy (non-hydrogen) atoms. The van der Waals surface area contributed by atoms with Crippen LogP contribution in [0.2, 0.25) is 0 Å². The standard InChI is InChI=1S/C30H23F3N6O2S.C29H23BrN6O2S/c1-18-4-9-24(15-25(18)38-29-39-26(17-42-29)20-3-2-14-34-16-20)35-27(40)19-5-10-22(11-6-19)36-28(41)37-23-12-7-21(8-13-23)30(31,32)33;1-18-4-9-24(15-25(18)35-29-36-26(17-39-29)20-3-2-14-31-16-20)32-27(37)19-5-10-22(11-6-19)33-28(38)34-23-12-7-21(30)8-13-23/h2-17H,1H3,(H,35,40)(H,38,39)(H2,36,37,41);2-17H,1H3,(H,32,37)(H,35,36)(H2,33,34,38). The molecule has 0 atom stereocenters. The van der Waals surface area contributed by atoms with Gasteiger partial charge in [0.15, 0.2) is 10.3 Å². The number of hydrogen-bond acceptors (Lipinski definition) is 12. The van der Waals surface area contributed by atoms with E-state index in [0.29, 0.717) is 44.7 Å². The number of carbonyl (C=O) groups is 4. The van der Waals surface area contributed by atoms with E-state index in [1.807, 2.05) is 91.3 Å². The number of amides is 6. The fraction of sp³-hybridized carbons (Fsp3) is 0.0508. The number of halogens is 4. The molecule has 0 saturated heterocycles. The number of rotatable bonds is 14. The van der Waals surface area contributed by atoms with Gasteiger partial charge in [-0.15, -0.1) is 22.7 Å². The molecule has 0 bridgehead atoms. The molecule has 0 aliphatic heterocycles. The summed E-state index contributed by atoms with van der Waals surface area (Å²) >= 11 is 6.32. The van der Waals surface area contributed by atoms with Crippen LogP contribution in [-0.2, 0) is 6.18 Å². The second-order valence-corrected chi connectivity index (χ2v) is 20.3. The van der Waals surface area contributed by atoms with Crippen LogP contribution >= 0.6 is 38.6 Å². The highest BCUT2D eigenvalue weighted by atomic mass is 79.9. The monoisotopic (exact) mass is 1190 g/mol. The fourth-order valence-electron chi connectivity index (χ4n) is 7.53. The second-order valence-electron chi connectivity index (χ2n) is 17.7. The third kappa shape index (κ3) is 15.7. The van der Waals surface area contributed by atoms with Crippen molar-refractivity contribution in [2.45, 2.75) is 20.0 Å². The van der Waals surface area contributed by atoms with E-state index >= 15 is 0 Å². The minimum atomic E-state index is -4.46. The maximum absolute atomic E-state index is 12.9. The number of benzene rings is 6. The lowest BCUT2D eigenvalue weighted by molar-refractivity contribution is -0.137. The fourth-order valence-corrected chi connectivity index (χ4v) is 9.26. The van der Waals surface area contributed by atoms with Gasteiger partial charge in [-0.05, 0) is 171 Å². The molecule has 8 N–H and O–H groups in total. The van der Waals surface area contributed by atoms with Gasteiger partial charge in [0.2, 0.25) is 0 Å². The highest BCUT2D eigenvalue weighted by Gasteiger charge is 2.30. The quantitative estimate of drug-likeness (QED) is 0.0515. The van der Waals surface area contributed by atoms with Gasteiger partial charge in [0, 0.05) is 108 Å². The lowest BCUT2D eigenvalue weighted by Gasteiger charge is -2.12. The third-order valence-corrected chi connectivity index (χ3v) is 13.8. The summed E-state index contributed by atoms with van der Waals surface area (Å²) in [5.41, 5.74) is 10.2. The SMILES string of the molecule is Cc1ccc(NC(=O)c2ccc(NC(=O)Nc3ccc(Br)cc3)cc2)cc1Nc1nc(-c2cccnc2)cs1.Cc1ccc(NC(=O)c2ccc(NC(=O)Nc3ccc(C(F)(F)F)cc3)cc2)cc1Nc1nc(-c2cccnc2)cs1. The van der Waals surface area contributed by atoms with Gasteiger partial charge >= 0.3 is 18.2 Å². The van der Waals surface area contributed by atoms with Crippen LogP contribution in [0.1, 0.15) is 37.4 Å². The molecule has 0 unspecified atom stereocenters. The Kier molecular flexibility index (Phi) is 17.8. The number of nitrogens with one attached hydrogen (secondary N) is 8. The van der Waals surface area contributed by atoms with Crippen LogP contribution in [0.25, 0.3) is 22.5 Å². The number of nitrogens with zero attached hydrogens (tertiary/aromatic N) is 4. The third-order valence-electron chi connectivity index (χ3n) is 11.8. The number of carbonyl (C=O) groups excluding carboxylic acids is 4. The van der Waals surface area contributed by atoms with Gasteiger partial charge in [0.1, 0.15) is 0 Å². The molecular weight excluding hydrogens is 1140 g/mol. The predicted molar refractivity (Wildman–Crippen MR) is 319 cm³/mol. The average molecular weight is 1190 g/mol. The van der Waals surface area contributed by atoms with E-state index in [4.69, 9.17) is 0 Å². The Balaban J connectivity index is 0.000000196. The molecule has 0 aliphatic rings. The molecule has 6 aromatic carbocycles. The van der Waals surface area contributed by atoms with Crippen LogP contribution in [0.5, 0.6) is 0 Å². The first-order valence-corrected chi connectivity index (χ1v) is 27.0. The normalized spacial score (nSPS) is 10.8. The number of alkyl halides is 3. The summed E-state index contributed by atoms with van der Waals surface area (Å²) in [6.45, 7) is 3.94. The zero-order chi connectivity index (χ0) is 56.9. The van der Waals surface area contributed by atoms with E-state index in [-0.39, 0.29) is 23.5 Å². The maximum atomic E-state index is 12.9. The number of aryl methyl sites for hydroxylation is 2. The summed E-state index contributed by atoms with van der Waals surface area (Å²) in [6.07, 6.45) is 2.51. The van der Waals surface area contributed by atoms with Crippen LogP contribution in [0.15, 0.2) is 198 Å². The van der Waals surface area contributed by atoms with Gasteiger partial charge in [0.05, 0.1) is 17.0 Å². The van der Waals surface area contributed by atoms with Crippen molar-refractivity contribution >= 4 is 118 Å². The van der Waals surface area contributed by atoms with Crippen molar-refractivity contribution < 1.29 is 32.3 Å². The zero-order valence-electron chi connectivity index (χ0n) is 42.7. The van der Waals surface area contributed by atoms with Gasteiger partial charge in [-0.2, -0.15) is 13.2 Å². The minimum absolute atomic E-state index is 0.201. The topological polar surface area (TPSA) is 216 Å². The number of aromatic nitrogens is 4. The summed E-state index contributed by atoms with van der Waals surface area (Å²) in [4.78, 5) is 67.8. The number of thiazole rings is 2. The predicted octanol–water partition coefficient (Wildman–Crippen LogP) is 16.1. The van der Waals surface area contributed by atoms with Crippen molar-refractivity contribution in [3.05, 3.63) is 226 Å².